The van der Waals surface area contributed by atoms with Gasteiger partial charge in [0.25, 0.3) is 0 Å². The van der Waals surface area contributed by atoms with Crippen LogP contribution in [0.3, 0.4) is 0 Å². The first-order chi connectivity index (χ1) is 9.65. The Morgan fingerprint density at radius 1 is 1.20 bits per heavy atom. The number of ether oxygens (including phenoxy) is 1. The molecular formula is C15H13BrFNO2. The lowest BCUT2D eigenvalue weighted by atomic mass is 10.3. The maximum absolute atomic E-state index is 13.3. The fraction of sp³-hybridized carbons (Fsp3) is 0.133. The topological polar surface area (TPSA) is 38.3 Å². The molecule has 2 aromatic rings. The predicted octanol–water partition coefficient (Wildman–Crippen LogP) is 4.00. The SMILES string of the molecule is O=C(CCOc1ccccc1F)Nc1cccc(Br)c1. The summed E-state index contributed by atoms with van der Waals surface area (Å²) in [6.45, 7) is 0.126. The number of nitrogens with one attached hydrogen (secondary N) is 1. The van der Waals surface area contributed by atoms with E-state index in [9.17, 15) is 9.18 Å². The van der Waals surface area contributed by atoms with Crippen LogP contribution in [0.15, 0.2) is 53.0 Å². The highest BCUT2D eigenvalue weighted by atomic mass is 79.9. The first-order valence-corrected chi connectivity index (χ1v) is 6.87. The van der Waals surface area contributed by atoms with E-state index in [1.54, 1.807) is 24.3 Å². The van der Waals surface area contributed by atoms with Crippen molar-refractivity contribution in [1.29, 1.82) is 0 Å². The highest BCUT2D eigenvalue weighted by Crippen LogP contribution is 2.17. The van der Waals surface area contributed by atoms with Crippen LogP contribution in [0.1, 0.15) is 6.42 Å². The van der Waals surface area contributed by atoms with Gasteiger partial charge in [0.15, 0.2) is 11.6 Å². The first kappa shape index (κ1) is 14.5. The summed E-state index contributed by atoms with van der Waals surface area (Å²) in [6, 6.07) is 13.4. The third-order valence-corrected chi connectivity index (χ3v) is 3.02. The lowest BCUT2D eigenvalue weighted by Crippen LogP contribution is -2.15. The maximum Gasteiger partial charge on any atom is 0.227 e. The van der Waals surface area contributed by atoms with Gasteiger partial charge in [-0.05, 0) is 30.3 Å². The van der Waals surface area contributed by atoms with Gasteiger partial charge in [-0.1, -0.05) is 34.1 Å². The highest BCUT2D eigenvalue weighted by molar-refractivity contribution is 9.10. The molecule has 0 fully saturated rings. The van der Waals surface area contributed by atoms with E-state index in [-0.39, 0.29) is 24.7 Å². The van der Waals surface area contributed by atoms with Crippen LogP contribution in [0.25, 0.3) is 0 Å². The molecule has 0 saturated carbocycles. The Morgan fingerprint density at radius 2 is 2.00 bits per heavy atom. The molecule has 2 rings (SSSR count). The van der Waals surface area contributed by atoms with Crippen LogP contribution in [0, 0.1) is 5.82 Å². The van der Waals surface area contributed by atoms with Gasteiger partial charge in [0, 0.05) is 10.2 Å². The summed E-state index contributed by atoms with van der Waals surface area (Å²) in [7, 11) is 0. The maximum atomic E-state index is 13.3. The minimum atomic E-state index is -0.431. The summed E-state index contributed by atoms with van der Waals surface area (Å²) in [4.78, 5) is 11.7. The Morgan fingerprint density at radius 3 is 2.75 bits per heavy atom. The highest BCUT2D eigenvalue weighted by Gasteiger charge is 2.05. The van der Waals surface area contributed by atoms with Crippen molar-refractivity contribution < 1.29 is 13.9 Å². The molecule has 104 valence electrons. The van der Waals surface area contributed by atoms with Crippen molar-refractivity contribution in [3.8, 4) is 5.75 Å². The Labute approximate surface area is 124 Å². The summed E-state index contributed by atoms with van der Waals surface area (Å²) in [6.07, 6.45) is 0.154. The van der Waals surface area contributed by atoms with E-state index in [4.69, 9.17) is 4.74 Å². The zero-order valence-corrected chi connectivity index (χ0v) is 12.2. The molecule has 0 aromatic heterocycles. The number of benzene rings is 2. The van der Waals surface area contributed by atoms with Gasteiger partial charge >= 0.3 is 0 Å². The smallest absolute Gasteiger partial charge is 0.227 e. The minimum absolute atomic E-state index is 0.126. The molecule has 0 radical (unpaired) electrons. The second-order valence-electron chi connectivity index (χ2n) is 4.09. The standard InChI is InChI=1S/C15H13BrFNO2/c16-11-4-3-5-12(10-11)18-15(19)8-9-20-14-7-2-1-6-13(14)17/h1-7,10H,8-9H2,(H,18,19). The Bertz CT molecular complexity index is 604. The van der Waals surface area contributed by atoms with Crippen LogP contribution in [-0.2, 0) is 4.79 Å². The quantitative estimate of drug-likeness (QED) is 0.895. The molecule has 1 N–H and O–H groups in total. The van der Waals surface area contributed by atoms with Gasteiger partial charge in [0.05, 0.1) is 13.0 Å². The molecule has 3 nitrogen and oxygen atoms in total. The molecule has 2 aromatic carbocycles. The molecule has 5 heteroatoms. The van der Waals surface area contributed by atoms with Crippen molar-refractivity contribution in [2.45, 2.75) is 6.42 Å². The van der Waals surface area contributed by atoms with E-state index in [1.807, 2.05) is 12.1 Å². The average Bonchev–Trinajstić information content (AvgIpc) is 2.41. The predicted molar refractivity (Wildman–Crippen MR) is 79.3 cm³/mol. The van der Waals surface area contributed by atoms with Gasteiger partial charge in [-0.15, -0.1) is 0 Å². The van der Waals surface area contributed by atoms with Crippen LogP contribution in [0.4, 0.5) is 10.1 Å². The summed E-state index contributed by atoms with van der Waals surface area (Å²) in [5, 5.41) is 2.74. The van der Waals surface area contributed by atoms with Crippen LogP contribution < -0.4 is 10.1 Å². The lowest BCUT2D eigenvalue weighted by Gasteiger charge is -2.08. The van der Waals surface area contributed by atoms with Crippen molar-refractivity contribution in [3.63, 3.8) is 0 Å². The molecule has 0 aliphatic heterocycles. The molecule has 0 spiro atoms. The molecule has 1 amide bonds. The summed E-state index contributed by atoms with van der Waals surface area (Å²) in [5.74, 6) is -0.456. The molecule has 0 atom stereocenters. The van der Waals surface area contributed by atoms with Crippen molar-refractivity contribution in [1.82, 2.24) is 0 Å². The fourth-order valence-electron chi connectivity index (χ4n) is 1.61. The lowest BCUT2D eigenvalue weighted by molar-refractivity contribution is -0.116. The molecule has 20 heavy (non-hydrogen) atoms. The number of amides is 1. The number of para-hydroxylation sites is 1. The van der Waals surface area contributed by atoms with Crippen molar-refractivity contribution >= 4 is 27.5 Å². The summed E-state index contributed by atoms with van der Waals surface area (Å²) < 4.78 is 19.4. The first-order valence-electron chi connectivity index (χ1n) is 6.08. The molecule has 0 bridgehead atoms. The Balaban J connectivity index is 1.80. The zero-order valence-electron chi connectivity index (χ0n) is 10.6. The number of rotatable bonds is 5. The van der Waals surface area contributed by atoms with Crippen LogP contribution in [0.5, 0.6) is 5.75 Å². The van der Waals surface area contributed by atoms with Crippen molar-refractivity contribution in [2.75, 3.05) is 11.9 Å². The van der Waals surface area contributed by atoms with E-state index in [2.05, 4.69) is 21.2 Å². The number of carbonyl (C=O) groups is 1. The van der Waals surface area contributed by atoms with Gasteiger partial charge in [-0.3, -0.25) is 4.79 Å². The molecule has 0 unspecified atom stereocenters. The molecular weight excluding hydrogens is 325 g/mol. The molecule has 0 aliphatic carbocycles. The number of carbonyl (C=O) groups excluding carboxylic acids is 1. The third-order valence-electron chi connectivity index (χ3n) is 2.53. The van der Waals surface area contributed by atoms with E-state index in [0.29, 0.717) is 5.69 Å². The Hall–Kier alpha value is -1.88. The average molecular weight is 338 g/mol. The third kappa shape index (κ3) is 4.35. The van der Waals surface area contributed by atoms with E-state index >= 15 is 0 Å². The van der Waals surface area contributed by atoms with E-state index in [0.717, 1.165) is 4.47 Å². The molecule has 0 aliphatic rings. The van der Waals surface area contributed by atoms with Crippen LogP contribution in [-0.4, -0.2) is 12.5 Å². The monoisotopic (exact) mass is 337 g/mol. The van der Waals surface area contributed by atoms with Gasteiger partial charge in [-0.2, -0.15) is 0 Å². The van der Waals surface area contributed by atoms with Gasteiger partial charge in [-0.25, -0.2) is 4.39 Å². The summed E-state index contributed by atoms with van der Waals surface area (Å²) in [5.41, 5.74) is 0.704. The van der Waals surface area contributed by atoms with Crippen LogP contribution >= 0.6 is 15.9 Å². The Kier molecular flexibility index (Phi) is 5.12. The van der Waals surface area contributed by atoms with E-state index in [1.165, 1.54) is 12.1 Å². The van der Waals surface area contributed by atoms with Gasteiger partial charge in [0.2, 0.25) is 5.91 Å². The minimum Gasteiger partial charge on any atom is -0.490 e. The van der Waals surface area contributed by atoms with Gasteiger partial charge in [0.1, 0.15) is 0 Å². The second kappa shape index (κ2) is 7.05. The van der Waals surface area contributed by atoms with E-state index < -0.39 is 5.82 Å². The number of halogens is 2. The molecule has 0 saturated heterocycles. The summed E-state index contributed by atoms with van der Waals surface area (Å²) >= 11 is 3.33. The fourth-order valence-corrected chi connectivity index (χ4v) is 2.00. The van der Waals surface area contributed by atoms with Crippen molar-refractivity contribution in [3.05, 3.63) is 58.8 Å². The number of anilines is 1. The number of hydrogen-bond acceptors (Lipinski definition) is 2. The van der Waals surface area contributed by atoms with Gasteiger partial charge < -0.3 is 10.1 Å². The van der Waals surface area contributed by atoms with Crippen LogP contribution in [0.2, 0.25) is 0 Å². The molecule has 0 heterocycles. The zero-order chi connectivity index (χ0) is 14.4. The normalized spacial score (nSPS) is 10.1. The number of hydrogen-bond donors (Lipinski definition) is 1. The second-order valence-corrected chi connectivity index (χ2v) is 5.00. The largest absolute Gasteiger partial charge is 0.490 e. The van der Waals surface area contributed by atoms with Crippen molar-refractivity contribution in [2.24, 2.45) is 0 Å².